The van der Waals surface area contributed by atoms with Gasteiger partial charge in [0, 0.05) is 33.6 Å². The highest BCUT2D eigenvalue weighted by atomic mass is 35.5. The van der Waals surface area contributed by atoms with Crippen LogP contribution in [0, 0.1) is 5.92 Å². The maximum absolute atomic E-state index is 12.3. The first-order valence-corrected chi connectivity index (χ1v) is 6.36. The molecule has 0 saturated carbocycles. The fourth-order valence-electron chi connectivity index (χ4n) is 2.18. The zero-order chi connectivity index (χ0) is 12.4. The molecule has 1 heterocycles. The number of carbonyl (C=O) groups is 1. The highest BCUT2D eigenvalue weighted by Gasteiger charge is 2.19. The Hall–Kier alpha value is -1.28. The van der Waals surface area contributed by atoms with Gasteiger partial charge in [0.05, 0.1) is 0 Å². The number of H-pyrrole nitrogens is 1. The number of aromatic nitrogens is 1. The van der Waals surface area contributed by atoms with E-state index in [2.05, 4.69) is 18.8 Å². The second kappa shape index (κ2) is 4.92. The topological polar surface area (TPSA) is 32.9 Å². The zero-order valence-corrected chi connectivity index (χ0v) is 10.8. The number of rotatable bonds is 4. The molecule has 0 fully saturated rings. The van der Waals surface area contributed by atoms with E-state index in [4.69, 9.17) is 11.6 Å². The van der Waals surface area contributed by atoms with Gasteiger partial charge in [0.25, 0.3) is 0 Å². The van der Waals surface area contributed by atoms with E-state index in [0.29, 0.717) is 5.02 Å². The van der Waals surface area contributed by atoms with Crippen molar-refractivity contribution in [2.75, 3.05) is 0 Å². The zero-order valence-electron chi connectivity index (χ0n) is 10.1. The van der Waals surface area contributed by atoms with Gasteiger partial charge in [0.1, 0.15) is 0 Å². The average Bonchev–Trinajstić information content (AvgIpc) is 2.73. The van der Waals surface area contributed by atoms with Gasteiger partial charge in [0.2, 0.25) is 0 Å². The highest BCUT2D eigenvalue weighted by Crippen LogP contribution is 2.25. The summed E-state index contributed by atoms with van der Waals surface area (Å²) < 4.78 is 0. The summed E-state index contributed by atoms with van der Waals surface area (Å²) in [5.74, 6) is 0.341. The van der Waals surface area contributed by atoms with Gasteiger partial charge in [0.15, 0.2) is 5.78 Å². The Morgan fingerprint density at radius 3 is 2.71 bits per heavy atom. The quantitative estimate of drug-likeness (QED) is 0.799. The fourth-order valence-corrected chi connectivity index (χ4v) is 2.35. The lowest BCUT2D eigenvalue weighted by molar-refractivity contribution is 0.0915. The average molecular weight is 250 g/mol. The minimum atomic E-state index is 0.115. The first-order valence-electron chi connectivity index (χ1n) is 5.98. The van der Waals surface area contributed by atoms with Crippen LogP contribution in [0.4, 0.5) is 0 Å². The van der Waals surface area contributed by atoms with E-state index in [9.17, 15) is 4.79 Å². The summed E-state index contributed by atoms with van der Waals surface area (Å²) in [5.41, 5.74) is 1.71. The SMILES string of the molecule is CCC(CC)C(=O)c1c[nH]c2cc(Cl)ccc12. The maximum Gasteiger partial charge on any atom is 0.168 e. The van der Waals surface area contributed by atoms with Crippen LogP contribution in [-0.2, 0) is 0 Å². The van der Waals surface area contributed by atoms with E-state index in [1.165, 1.54) is 0 Å². The van der Waals surface area contributed by atoms with E-state index in [0.717, 1.165) is 29.3 Å². The number of hydrogen-bond donors (Lipinski definition) is 1. The molecule has 0 aliphatic rings. The molecule has 3 heteroatoms. The van der Waals surface area contributed by atoms with Gasteiger partial charge in [-0.1, -0.05) is 31.5 Å². The normalized spacial score (nSPS) is 11.3. The van der Waals surface area contributed by atoms with Gasteiger partial charge >= 0.3 is 0 Å². The Bertz CT molecular complexity index is 540. The number of benzene rings is 1. The molecule has 90 valence electrons. The van der Waals surface area contributed by atoms with Crippen molar-refractivity contribution < 1.29 is 4.79 Å². The predicted molar refractivity (Wildman–Crippen MR) is 71.7 cm³/mol. The Kier molecular flexibility index (Phi) is 3.53. The van der Waals surface area contributed by atoms with E-state index < -0.39 is 0 Å². The van der Waals surface area contributed by atoms with Crippen LogP contribution in [0.5, 0.6) is 0 Å². The van der Waals surface area contributed by atoms with Crippen molar-refractivity contribution in [3.63, 3.8) is 0 Å². The molecular weight excluding hydrogens is 234 g/mol. The summed E-state index contributed by atoms with van der Waals surface area (Å²) in [4.78, 5) is 15.4. The van der Waals surface area contributed by atoms with Crippen LogP contribution in [0.3, 0.4) is 0 Å². The second-order valence-corrected chi connectivity index (χ2v) is 4.71. The van der Waals surface area contributed by atoms with Gasteiger partial charge in [-0.25, -0.2) is 0 Å². The van der Waals surface area contributed by atoms with E-state index in [1.807, 2.05) is 18.2 Å². The van der Waals surface area contributed by atoms with Gasteiger partial charge in [-0.2, -0.15) is 0 Å². The van der Waals surface area contributed by atoms with Crippen LogP contribution in [-0.4, -0.2) is 10.8 Å². The minimum Gasteiger partial charge on any atom is -0.360 e. The molecule has 0 radical (unpaired) electrons. The van der Waals surface area contributed by atoms with Crippen molar-refractivity contribution in [3.05, 3.63) is 35.0 Å². The van der Waals surface area contributed by atoms with Crippen LogP contribution in [0.15, 0.2) is 24.4 Å². The van der Waals surface area contributed by atoms with Crippen molar-refractivity contribution in [2.24, 2.45) is 5.92 Å². The molecule has 0 amide bonds. The largest absolute Gasteiger partial charge is 0.360 e. The molecule has 0 atom stereocenters. The van der Waals surface area contributed by atoms with Gasteiger partial charge in [-0.15, -0.1) is 0 Å². The first kappa shape index (κ1) is 12.2. The molecule has 0 aliphatic heterocycles. The van der Waals surface area contributed by atoms with Crippen molar-refractivity contribution in [2.45, 2.75) is 26.7 Å². The lowest BCUT2D eigenvalue weighted by Crippen LogP contribution is -2.12. The minimum absolute atomic E-state index is 0.115. The third-order valence-electron chi connectivity index (χ3n) is 3.27. The molecule has 0 spiro atoms. The third kappa shape index (κ3) is 2.22. The van der Waals surface area contributed by atoms with Crippen LogP contribution >= 0.6 is 11.6 Å². The Morgan fingerprint density at radius 1 is 1.35 bits per heavy atom. The number of fused-ring (bicyclic) bond motifs is 1. The van der Waals surface area contributed by atoms with Gasteiger partial charge < -0.3 is 4.98 Å². The summed E-state index contributed by atoms with van der Waals surface area (Å²) in [5, 5.41) is 1.65. The molecule has 0 bridgehead atoms. The van der Waals surface area contributed by atoms with E-state index in [1.54, 1.807) is 6.20 Å². The van der Waals surface area contributed by atoms with E-state index >= 15 is 0 Å². The molecule has 2 rings (SSSR count). The lowest BCUT2D eigenvalue weighted by Gasteiger charge is -2.09. The molecule has 0 unspecified atom stereocenters. The molecule has 2 aromatic rings. The van der Waals surface area contributed by atoms with E-state index in [-0.39, 0.29) is 11.7 Å². The van der Waals surface area contributed by atoms with Crippen LogP contribution in [0.2, 0.25) is 5.02 Å². The van der Waals surface area contributed by atoms with Gasteiger partial charge in [-0.05, 0) is 25.0 Å². The van der Waals surface area contributed by atoms with Gasteiger partial charge in [-0.3, -0.25) is 4.79 Å². The number of aromatic amines is 1. The Labute approximate surface area is 106 Å². The maximum atomic E-state index is 12.3. The van der Waals surface area contributed by atoms with Crippen LogP contribution in [0.1, 0.15) is 37.0 Å². The molecule has 0 saturated heterocycles. The monoisotopic (exact) mass is 249 g/mol. The molecule has 1 aromatic heterocycles. The predicted octanol–water partition coefficient (Wildman–Crippen LogP) is 4.44. The fraction of sp³-hybridized carbons (Fsp3) is 0.357. The lowest BCUT2D eigenvalue weighted by atomic mass is 9.93. The summed E-state index contributed by atoms with van der Waals surface area (Å²) in [6, 6.07) is 5.58. The molecule has 17 heavy (non-hydrogen) atoms. The number of nitrogens with one attached hydrogen (secondary N) is 1. The standard InChI is InChI=1S/C14H16ClNO/c1-3-9(4-2)14(17)12-8-16-13-7-10(15)5-6-11(12)13/h5-9,16H,3-4H2,1-2H3. The number of hydrogen-bond acceptors (Lipinski definition) is 1. The van der Waals surface area contributed by atoms with Crippen molar-refractivity contribution >= 4 is 28.3 Å². The number of Topliss-reactive ketones (excluding diaryl/α,β-unsaturated/α-hetero) is 1. The van der Waals surface area contributed by atoms with Crippen molar-refractivity contribution in [1.29, 1.82) is 0 Å². The second-order valence-electron chi connectivity index (χ2n) is 4.27. The first-order chi connectivity index (χ1) is 8.17. The molecule has 0 aliphatic carbocycles. The van der Waals surface area contributed by atoms with Crippen molar-refractivity contribution in [3.8, 4) is 0 Å². The smallest absolute Gasteiger partial charge is 0.168 e. The Balaban J connectivity index is 2.46. The highest BCUT2D eigenvalue weighted by molar-refractivity contribution is 6.31. The number of ketones is 1. The number of carbonyl (C=O) groups excluding carboxylic acids is 1. The molecule has 2 nitrogen and oxygen atoms in total. The molecule has 1 aromatic carbocycles. The molecular formula is C14H16ClNO. The third-order valence-corrected chi connectivity index (χ3v) is 3.50. The summed E-state index contributed by atoms with van der Waals surface area (Å²) in [6.07, 6.45) is 3.56. The summed E-state index contributed by atoms with van der Waals surface area (Å²) in [6.45, 7) is 4.11. The molecule has 1 N–H and O–H groups in total. The Morgan fingerprint density at radius 2 is 2.06 bits per heavy atom. The summed E-state index contributed by atoms with van der Waals surface area (Å²) >= 11 is 5.92. The van der Waals surface area contributed by atoms with Crippen LogP contribution < -0.4 is 0 Å². The van der Waals surface area contributed by atoms with Crippen molar-refractivity contribution in [1.82, 2.24) is 4.98 Å². The van der Waals surface area contributed by atoms with Crippen LogP contribution in [0.25, 0.3) is 10.9 Å². The number of halogens is 1. The summed E-state index contributed by atoms with van der Waals surface area (Å²) in [7, 11) is 0.